The van der Waals surface area contributed by atoms with Gasteiger partial charge in [-0.3, -0.25) is 4.79 Å². The van der Waals surface area contributed by atoms with E-state index < -0.39 is 0 Å². The maximum absolute atomic E-state index is 12.6. The predicted molar refractivity (Wildman–Crippen MR) is 93.7 cm³/mol. The highest BCUT2D eigenvalue weighted by atomic mass is 35.5. The van der Waals surface area contributed by atoms with Crippen LogP contribution in [0.5, 0.6) is 5.75 Å². The van der Waals surface area contributed by atoms with Crippen molar-refractivity contribution in [2.24, 2.45) is 11.8 Å². The van der Waals surface area contributed by atoms with Crippen LogP contribution in [-0.2, 0) is 11.3 Å². The normalized spacial score (nSPS) is 20.1. The molecule has 1 amide bonds. The Labute approximate surface area is 144 Å². The van der Waals surface area contributed by atoms with Crippen molar-refractivity contribution >= 4 is 18.3 Å². The third-order valence-electron chi connectivity index (χ3n) is 4.74. The lowest BCUT2D eigenvalue weighted by atomic mass is 10.0. The van der Waals surface area contributed by atoms with Crippen LogP contribution in [0.25, 0.3) is 0 Å². The van der Waals surface area contributed by atoms with Crippen LogP contribution in [0.2, 0.25) is 0 Å². The molecule has 1 aromatic rings. The molecule has 1 aromatic carbocycles. The second kappa shape index (κ2) is 8.55. The van der Waals surface area contributed by atoms with Crippen LogP contribution in [0.4, 0.5) is 0 Å². The first-order chi connectivity index (χ1) is 10.7. The second-order valence-electron chi connectivity index (χ2n) is 6.79. The minimum atomic E-state index is 0. The SMILES string of the molecule is Cl.O=C(CCC1CCNC1)N(Cc1cccc(O)c1)CC1CC1. The zero-order valence-corrected chi connectivity index (χ0v) is 14.4. The molecule has 2 aliphatic rings. The molecule has 2 fully saturated rings. The summed E-state index contributed by atoms with van der Waals surface area (Å²) in [7, 11) is 0. The van der Waals surface area contributed by atoms with Gasteiger partial charge in [0.1, 0.15) is 5.75 Å². The minimum Gasteiger partial charge on any atom is -0.508 e. The molecule has 128 valence electrons. The molecular formula is C18H27ClN2O2. The fourth-order valence-corrected chi connectivity index (χ4v) is 3.19. The summed E-state index contributed by atoms with van der Waals surface area (Å²) >= 11 is 0. The third-order valence-corrected chi connectivity index (χ3v) is 4.74. The van der Waals surface area contributed by atoms with Gasteiger partial charge >= 0.3 is 0 Å². The van der Waals surface area contributed by atoms with E-state index in [1.165, 1.54) is 19.3 Å². The average Bonchev–Trinajstić information content (AvgIpc) is 3.16. The van der Waals surface area contributed by atoms with Gasteiger partial charge in [0.15, 0.2) is 0 Å². The summed E-state index contributed by atoms with van der Waals surface area (Å²) in [6.07, 6.45) is 5.33. The van der Waals surface area contributed by atoms with E-state index in [-0.39, 0.29) is 24.1 Å². The first-order valence-corrected chi connectivity index (χ1v) is 8.47. The molecule has 1 aliphatic heterocycles. The monoisotopic (exact) mass is 338 g/mol. The van der Waals surface area contributed by atoms with Crippen molar-refractivity contribution in [2.45, 2.75) is 38.6 Å². The Hall–Kier alpha value is -1.26. The number of hydrogen-bond donors (Lipinski definition) is 2. The van der Waals surface area contributed by atoms with Crippen LogP contribution in [-0.4, -0.2) is 35.5 Å². The number of rotatable bonds is 7. The largest absolute Gasteiger partial charge is 0.508 e. The fourth-order valence-electron chi connectivity index (χ4n) is 3.19. The molecular weight excluding hydrogens is 312 g/mol. The number of carbonyl (C=O) groups is 1. The number of nitrogens with zero attached hydrogens (tertiary/aromatic N) is 1. The van der Waals surface area contributed by atoms with Crippen LogP contribution in [0.15, 0.2) is 24.3 Å². The van der Waals surface area contributed by atoms with Crippen molar-refractivity contribution in [1.82, 2.24) is 10.2 Å². The van der Waals surface area contributed by atoms with E-state index >= 15 is 0 Å². The number of aromatic hydroxyl groups is 1. The van der Waals surface area contributed by atoms with Crippen molar-refractivity contribution in [1.29, 1.82) is 0 Å². The van der Waals surface area contributed by atoms with E-state index in [9.17, 15) is 9.90 Å². The van der Waals surface area contributed by atoms with Gasteiger partial charge in [-0.2, -0.15) is 0 Å². The summed E-state index contributed by atoms with van der Waals surface area (Å²) in [4.78, 5) is 14.6. The van der Waals surface area contributed by atoms with Gasteiger partial charge < -0.3 is 15.3 Å². The second-order valence-corrected chi connectivity index (χ2v) is 6.79. The van der Waals surface area contributed by atoms with Crippen LogP contribution >= 0.6 is 12.4 Å². The molecule has 4 nitrogen and oxygen atoms in total. The van der Waals surface area contributed by atoms with Gasteiger partial charge in [0, 0.05) is 19.5 Å². The fraction of sp³-hybridized carbons (Fsp3) is 0.611. The van der Waals surface area contributed by atoms with E-state index in [1.54, 1.807) is 12.1 Å². The minimum absolute atomic E-state index is 0. The predicted octanol–water partition coefficient (Wildman–Crippen LogP) is 2.94. The highest BCUT2D eigenvalue weighted by Gasteiger charge is 2.27. The van der Waals surface area contributed by atoms with Crippen LogP contribution < -0.4 is 5.32 Å². The molecule has 0 aromatic heterocycles. The number of nitrogens with one attached hydrogen (secondary N) is 1. The Morgan fingerprint density at radius 1 is 1.26 bits per heavy atom. The Morgan fingerprint density at radius 3 is 2.74 bits per heavy atom. The van der Waals surface area contributed by atoms with Gasteiger partial charge in [-0.1, -0.05) is 12.1 Å². The van der Waals surface area contributed by atoms with Crippen molar-refractivity contribution < 1.29 is 9.90 Å². The van der Waals surface area contributed by atoms with Crippen molar-refractivity contribution in [3.8, 4) is 5.75 Å². The standard InChI is InChI=1S/C18H26N2O2.ClH/c21-17-3-1-2-16(10-17)13-20(12-15-4-5-15)18(22)7-6-14-8-9-19-11-14;/h1-3,10,14-15,19,21H,4-9,11-13H2;1H. The molecule has 0 spiro atoms. The summed E-state index contributed by atoms with van der Waals surface area (Å²) in [5.74, 6) is 1.89. The van der Waals surface area contributed by atoms with Crippen molar-refractivity contribution in [2.75, 3.05) is 19.6 Å². The molecule has 1 unspecified atom stereocenters. The number of benzene rings is 1. The van der Waals surface area contributed by atoms with Crippen molar-refractivity contribution in [3.63, 3.8) is 0 Å². The summed E-state index contributed by atoms with van der Waals surface area (Å²) < 4.78 is 0. The lowest BCUT2D eigenvalue weighted by Crippen LogP contribution is -2.32. The molecule has 0 radical (unpaired) electrons. The highest BCUT2D eigenvalue weighted by molar-refractivity contribution is 5.85. The summed E-state index contributed by atoms with van der Waals surface area (Å²) in [6, 6.07) is 7.25. The number of amides is 1. The van der Waals surface area contributed by atoms with Gasteiger partial charge in [-0.05, 0) is 68.3 Å². The van der Waals surface area contributed by atoms with Crippen LogP contribution in [0.1, 0.15) is 37.7 Å². The number of halogens is 1. The number of hydrogen-bond acceptors (Lipinski definition) is 3. The zero-order valence-electron chi connectivity index (χ0n) is 13.5. The molecule has 1 aliphatic carbocycles. The Bertz CT molecular complexity index is 513. The Kier molecular flexibility index (Phi) is 6.72. The number of carbonyl (C=O) groups excluding carboxylic acids is 1. The van der Waals surface area contributed by atoms with E-state index in [4.69, 9.17) is 0 Å². The summed E-state index contributed by atoms with van der Waals surface area (Å²) in [5, 5.41) is 13.0. The molecule has 0 bridgehead atoms. The molecule has 1 saturated heterocycles. The highest BCUT2D eigenvalue weighted by Crippen LogP contribution is 2.31. The zero-order chi connectivity index (χ0) is 15.4. The van der Waals surface area contributed by atoms with Gasteiger partial charge in [0.25, 0.3) is 0 Å². The van der Waals surface area contributed by atoms with E-state index in [1.807, 2.05) is 17.0 Å². The molecule has 23 heavy (non-hydrogen) atoms. The quantitative estimate of drug-likeness (QED) is 0.803. The van der Waals surface area contributed by atoms with Crippen LogP contribution in [0, 0.1) is 11.8 Å². The first-order valence-electron chi connectivity index (χ1n) is 8.47. The molecule has 1 heterocycles. The van der Waals surface area contributed by atoms with Gasteiger partial charge in [-0.15, -0.1) is 12.4 Å². The number of phenols is 1. The first kappa shape index (κ1) is 18.1. The maximum atomic E-state index is 12.6. The molecule has 3 rings (SSSR count). The molecule has 1 atom stereocenters. The molecule has 1 saturated carbocycles. The van der Waals surface area contributed by atoms with Gasteiger partial charge in [0.05, 0.1) is 0 Å². The average molecular weight is 339 g/mol. The lowest BCUT2D eigenvalue weighted by Gasteiger charge is -2.23. The van der Waals surface area contributed by atoms with Gasteiger partial charge in [0.2, 0.25) is 5.91 Å². The van der Waals surface area contributed by atoms with Gasteiger partial charge in [-0.25, -0.2) is 0 Å². The van der Waals surface area contributed by atoms with Crippen LogP contribution in [0.3, 0.4) is 0 Å². The topological polar surface area (TPSA) is 52.6 Å². The maximum Gasteiger partial charge on any atom is 0.222 e. The van der Waals surface area contributed by atoms with E-state index in [2.05, 4.69) is 5.32 Å². The smallest absolute Gasteiger partial charge is 0.222 e. The van der Waals surface area contributed by atoms with E-state index in [0.717, 1.165) is 31.6 Å². The lowest BCUT2D eigenvalue weighted by molar-refractivity contribution is -0.132. The molecule has 5 heteroatoms. The Morgan fingerprint density at radius 2 is 2.09 bits per heavy atom. The Balaban J connectivity index is 0.00000192. The van der Waals surface area contributed by atoms with E-state index in [0.29, 0.717) is 24.8 Å². The third kappa shape index (κ3) is 5.70. The summed E-state index contributed by atoms with van der Waals surface area (Å²) in [5.41, 5.74) is 1.01. The molecule has 2 N–H and O–H groups in total. The number of phenolic OH excluding ortho intramolecular Hbond substituents is 1. The van der Waals surface area contributed by atoms with Crippen molar-refractivity contribution in [3.05, 3.63) is 29.8 Å². The summed E-state index contributed by atoms with van der Waals surface area (Å²) in [6.45, 7) is 3.64.